The average Bonchev–Trinajstić information content (AvgIpc) is 2.90. The molecule has 118 valence electrons. The lowest BCUT2D eigenvalue weighted by molar-refractivity contribution is -0.166. The van der Waals surface area contributed by atoms with Crippen molar-refractivity contribution >= 4 is 0 Å². The maximum Gasteiger partial charge on any atom is 0.0813 e. The molecule has 0 radical (unpaired) electrons. The van der Waals surface area contributed by atoms with Crippen LogP contribution in [0.1, 0.15) is 45.4 Å². The van der Waals surface area contributed by atoms with Crippen molar-refractivity contribution in [3.8, 4) is 0 Å². The van der Waals surface area contributed by atoms with Crippen LogP contribution in [-0.2, 0) is 0 Å². The molecule has 11 atom stereocenters. The molecule has 9 aliphatic rings. The molecule has 3 saturated heterocycles. The highest BCUT2D eigenvalue weighted by atomic mass is 16.3. The Hall–Kier alpha value is -0.340. The quantitative estimate of drug-likeness (QED) is 0.695. The first kappa shape index (κ1) is 12.1. The summed E-state index contributed by atoms with van der Waals surface area (Å²) in [6, 6.07) is 1.64. The summed E-state index contributed by atoms with van der Waals surface area (Å²) in [7, 11) is 0. The number of aliphatic hydroxyl groups is 1. The standard InChI is InChI=1S/C20H27NO/c1-10-11-6-12-16-19-5-3-4-18(2)9-21(16)13(15(18)19)8-20(12,17(10)22)14(19)7-11/h11-17,22H,1,3-9H2,2H3/t11?,12-,13+,14?,15?,16-,17?,18+,19?,20?/m1/s1. The van der Waals surface area contributed by atoms with Crippen LogP contribution in [0.5, 0.6) is 0 Å². The molecule has 2 spiro atoms. The van der Waals surface area contributed by atoms with Gasteiger partial charge in [0.05, 0.1) is 6.10 Å². The van der Waals surface area contributed by atoms with Crippen LogP contribution in [0.4, 0.5) is 0 Å². The van der Waals surface area contributed by atoms with E-state index in [0.717, 1.165) is 29.8 Å². The summed E-state index contributed by atoms with van der Waals surface area (Å²) in [5, 5.41) is 11.2. The van der Waals surface area contributed by atoms with Gasteiger partial charge in [0.25, 0.3) is 0 Å². The molecule has 1 N–H and O–H groups in total. The van der Waals surface area contributed by atoms with Crippen molar-refractivity contribution in [2.45, 2.75) is 63.6 Å². The Balaban J connectivity index is 1.53. The van der Waals surface area contributed by atoms with Crippen LogP contribution in [0.15, 0.2) is 12.2 Å². The van der Waals surface area contributed by atoms with Crippen molar-refractivity contribution in [3.05, 3.63) is 12.2 Å². The van der Waals surface area contributed by atoms with Crippen molar-refractivity contribution in [1.29, 1.82) is 0 Å². The maximum absolute atomic E-state index is 11.2. The lowest BCUT2D eigenvalue weighted by Gasteiger charge is -2.64. The molecule has 3 heterocycles. The summed E-state index contributed by atoms with van der Waals surface area (Å²) in [5.41, 5.74) is 2.65. The highest BCUT2D eigenvalue weighted by Gasteiger charge is 2.87. The van der Waals surface area contributed by atoms with Gasteiger partial charge in [-0.2, -0.15) is 0 Å². The number of aliphatic hydroxyl groups excluding tert-OH is 1. The van der Waals surface area contributed by atoms with Gasteiger partial charge in [0.1, 0.15) is 0 Å². The van der Waals surface area contributed by atoms with Crippen LogP contribution in [0, 0.1) is 39.9 Å². The van der Waals surface area contributed by atoms with E-state index in [1.54, 1.807) is 0 Å². The van der Waals surface area contributed by atoms with Gasteiger partial charge in [-0.3, -0.25) is 4.90 Å². The average molecular weight is 297 g/mol. The normalized spacial score (nSPS) is 75.1. The minimum atomic E-state index is -0.172. The highest BCUT2D eigenvalue weighted by molar-refractivity contribution is 5.42. The van der Waals surface area contributed by atoms with Gasteiger partial charge in [0, 0.05) is 24.0 Å². The van der Waals surface area contributed by atoms with Crippen LogP contribution in [0.3, 0.4) is 0 Å². The molecule has 7 unspecified atom stereocenters. The van der Waals surface area contributed by atoms with E-state index in [4.69, 9.17) is 0 Å². The van der Waals surface area contributed by atoms with E-state index in [1.165, 1.54) is 50.6 Å². The summed E-state index contributed by atoms with van der Waals surface area (Å²) >= 11 is 0. The smallest absolute Gasteiger partial charge is 0.0813 e. The summed E-state index contributed by atoms with van der Waals surface area (Å²) in [5.74, 6) is 3.21. The largest absolute Gasteiger partial charge is 0.388 e. The molecule has 6 saturated carbocycles. The summed E-state index contributed by atoms with van der Waals surface area (Å²) in [6.45, 7) is 8.32. The summed E-state index contributed by atoms with van der Waals surface area (Å²) < 4.78 is 0. The molecule has 9 bridgehead atoms. The molecule has 22 heavy (non-hydrogen) atoms. The number of hydrogen-bond donors (Lipinski definition) is 1. The Morgan fingerprint density at radius 2 is 2.09 bits per heavy atom. The van der Waals surface area contributed by atoms with Crippen LogP contribution < -0.4 is 0 Å². The Morgan fingerprint density at radius 1 is 1.23 bits per heavy atom. The zero-order chi connectivity index (χ0) is 14.6. The van der Waals surface area contributed by atoms with Gasteiger partial charge in [-0.25, -0.2) is 0 Å². The maximum atomic E-state index is 11.2. The molecule has 2 nitrogen and oxygen atoms in total. The lowest BCUT2D eigenvalue weighted by atomic mass is 9.40. The molecule has 0 aromatic carbocycles. The first-order chi connectivity index (χ1) is 10.5. The van der Waals surface area contributed by atoms with Crippen molar-refractivity contribution in [2.24, 2.45) is 39.9 Å². The molecule has 0 aromatic rings. The van der Waals surface area contributed by atoms with E-state index < -0.39 is 0 Å². The lowest BCUT2D eigenvalue weighted by Crippen LogP contribution is -2.63. The monoisotopic (exact) mass is 297 g/mol. The van der Waals surface area contributed by atoms with Crippen molar-refractivity contribution < 1.29 is 5.11 Å². The zero-order valence-electron chi connectivity index (χ0n) is 13.6. The first-order valence-electron chi connectivity index (χ1n) is 9.66. The van der Waals surface area contributed by atoms with Gasteiger partial charge in [0.15, 0.2) is 0 Å². The van der Waals surface area contributed by atoms with E-state index in [1.807, 2.05) is 0 Å². The van der Waals surface area contributed by atoms with E-state index in [9.17, 15) is 5.11 Å². The number of fused-ring (bicyclic) bond motifs is 1. The number of piperidine rings is 2. The van der Waals surface area contributed by atoms with E-state index in [-0.39, 0.29) is 11.5 Å². The van der Waals surface area contributed by atoms with Crippen molar-refractivity contribution in [2.75, 3.05) is 6.54 Å². The van der Waals surface area contributed by atoms with Crippen LogP contribution >= 0.6 is 0 Å². The molecule has 6 aliphatic carbocycles. The Bertz CT molecular complexity index is 644. The molecular weight excluding hydrogens is 270 g/mol. The molecule has 3 aliphatic heterocycles. The molecule has 9 fully saturated rings. The van der Waals surface area contributed by atoms with E-state index in [2.05, 4.69) is 18.4 Å². The Labute approximate surface area is 132 Å². The third-order valence-corrected chi connectivity index (χ3v) is 10.3. The van der Waals surface area contributed by atoms with Crippen LogP contribution in [-0.4, -0.2) is 34.7 Å². The van der Waals surface area contributed by atoms with Crippen molar-refractivity contribution in [1.82, 2.24) is 4.90 Å². The van der Waals surface area contributed by atoms with Gasteiger partial charge in [-0.1, -0.05) is 19.9 Å². The van der Waals surface area contributed by atoms with Gasteiger partial charge in [0.2, 0.25) is 0 Å². The Kier molecular flexibility index (Phi) is 1.64. The van der Waals surface area contributed by atoms with Crippen LogP contribution in [0.25, 0.3) is 0 Å². The van der Waals surface area contributed by atoms with E-state index >= 15 is 0 Å². The second kappa shape index (κ2) is 2.99. The van der Waals surface area contributed by atoms with E-state index in [0.29, 0.717) is 16.7 Å². The molecular formula is C20H27NO. The fourth-order valence-electron chi connectivity index (χ4n) is 10.4. The van der Waals surface area contributed by atoms with Crippen LogP contribution in [0.2, 0.25) is 0 Å². The third kappa shape index (κ3) is 0.815. The molecule has 2 heteroatoms. The predicted molar refractivity (Wildman–Crippen MR) is 84.1 cm³/mol. The molecule has 0 amide bonds. The minimum Gasteiger partial charge on any atom is -0.388 e. The van der Waals surface area contributed by atoms with Gasteiger partial charge in [-0.05, 0) is 72.2 Å². The third-order valence-electron chi connectivity index (χ3n) is 10.3. The molecule has 9 rings (SSSR count). The SMILES string of the molecule is C=C1C2CC3C4(C[C@H]5C6C37CCC[C@@]6(C)CN5[C@@H]7[C@H]4C2)C1O. The predicted octanol–water partition coefficient (Wildman–Crippen LogP) is 2.82. The zero-order valence-corrected chi connectivity index (χ0v) is 13.6. The first-order valence-corrected chi connectivity index (χ1v) is 9.66. The topological polar surface area (TPSA) is 23.5 Å². The minimum absolute atomic E-state index is 0.172. The number of nitrogens with zero attached hydrogens (tertiary/aromatic N) is 1. The second-order valence-corrected chi connectivity index (χ2v) is 10.4. The highest BCUT2D eigenvalue weighted by Crippen LogP contribution is 2.86. The number of rotatable bonds is 0. The van der Waals surface area contributed by atoms with Gasteiger partial charge >= 0.3 is 0 Å². The van der Waals surface area contributed by atoms with Crippen molar-refractivity contribution in [3.63, 3.8) is 0 Å². The van der Waals surface area contributed by atoms with Gasteiger partial charge in [-0.15, -0.1) is 0 Å². The second-order valence-electron chi connectivity index (χ2n) is 10.4. The summed E-state index contributed by atoms with van der Waals surface area (Å²) in [4.78, 5) is 2.98. The number of hydrogen-bond acceptors (Lipinski definition) is 2. The van der Waals surface area contributed by atoms with Gasteiger partial charge < -0.3 is 5.11 Å². The molecule has 0 aromatic heterocycles. The summed E-state index contributed by atoms with van der Waals surface area (Å²) in [6.07, 6.45) is 8.23. The Morgan fingerprint density at radius 3 is 2.95 bits per heavy atom. The fraction of sp³-hybridized carbons (Fsp3) is 0.900. The fourth-order valence-corrected chi connectivity index (χ4v) is 10.4.